The molecule has 5 heteroatoms. The first-order valence-electron chi connectivity index (χ1n) is 7.82. The summed E-state index contributed by atoms with van der Waals surface area (Å²) in [4.78, 5) is 24.9. The van der Waals surface area contributed by atoms with Crippen molar-refractivity contribution in [3.05, 3.63) is 0 Å². The molecule has 1 aliphatic carbocycles. The van der Waals surface area contributed by atoms with Gasteiger partial charge in [-0.15, -0.1) is 0 Å². The molecular weight excluding hydrogens is 256 g/mol. The summed E-state index contributed by atoms with van der Waals surface area (Å²) in [5.74, 6) is 0.0332. The number of carbonyl (C=O) groups excluding carboxylic acids is 1. The van der Waals surface area contributed by atoms with E-state index < -0.39 is 5.97 Å². The van der Waals surface area contributed by atoms with Crippen LogP contribution < -0.4 is 5.32 Å². The van der Waals surface area contributed by atoms with Crippen molar-refractivity contribution < 1.29 is 14.7 Å². The molecule has 0 aromatic heterocycles. The number of rotatable bonds is 3. The quantitative estimate of drug-likeness (QED) is 0.835. The lowest BCUT2D eigenvalue weighted by molar-refractivity contribution is -0.138. The van der Waals surface area contributed by atoms with Crippen molar-refractivity contribution in [3.63, 3.8) is 0 Å². The van der Waals surface area contributed by atoms with Gasteiger partial charge >= 0.3 is 12.0 Å². The molecule has 20 heavy (non-hydrogen) atoms. The molecule has 3 atom stereocenters. The number of amides is 2. The normalized spacial score (nSPS) is 30.9. The molecule has 0 aromatic carbocycles. The van der Waals surface area contributed by atoms with Crippen LogP contribution in [0.15, 0.2) is 0 Å². The van der Waals surface area contributed by atoms with Crippen LogP contribution in [0, 0.1) is 11.8 Å². The average molecular weight is 282 g/mol. The lowest BCUT2D eigenvalue weighted by Gasteiger charge is -2.35. The molecule has 2 N–H and O–H groups in total. The number of piperidine rings is 1. The largest absolute Gasteiger partial charge is 0.481 e. The summed E-state index contributed by atoms with van der Waals surface area (Å²) < 4.78 is 0. The Kier molecular flexibility index (Phi) is 5.26. The number of hydrogen-bond donors (Lipinski definition) is 2. The van der Waals surface area contributed by atoms with E-state index in [2.05, 4.69) is 12.2 Å². The van der Waals surface area contributed by atoms with Crippen LogP contribution in [0.3, 0.4) is 0 Å². The highest BCUT2D eigenvalue weighted by Crippen LogP contribution is 2.24. The highest BCUT2D eigenvalue weighted by molar-refractivity contribution is 5.75. The zero-order valence-electron chi connectivity index (χ0n) is 12.3. The van der Waals surface area contributed by atoms with E-state index in [1.54, 1.807) is 4.90 Å². The molecule has 0 aromatic rings. The van der Waals surface area contributed by atoms with E-state index >= 15 is 0 Å². The van der Waals surface area contributed by atoms with Crippen LogP contribution >= 0.6 is 0 Å². The predicted octanol–water partition coefficient (Wildman–Crippen LogP) is 2.46. The van der Waals surface area contributed by atoms with Gasteiger partial charge in [0.1, 0.15) is 0 Å². The third-order valence-corrected chi connectivity index (χ3v) is 4.53. The number of nitrogens with zero attached hydrogens (tertiary/aromatic N) is 1. The fourth-order valence-corrected chi connectivity index (χ4v) is 3.49. The van der Waals surface area contributed by atoms with Crippen molar-refractivity contribution in [2.45, 2.75) is 57.9 Å². The van der Waals surface area contributed by atoms with E-state index in [0.717, 1.165) is 32.2 Å². The van der Waals surface area contributed by atoms with E-state index in [1.165, 1.54) is 12.8 Å². The summed E-state index contributed by atoms with van der Waals surface area (Å²) in [6, 6.07) is 0.297. The van der Waals surface area contributed by atoms with E-state index in [0.29, 0.717) is 18.5 Å². The fraction of sp³-hybridized carbons (Fsp3) is 0.867. The van der Waals surface area contributed by atoms with Crippen molar-refractivity contribution >= 4 is 12.0 Å². The Hall–Kier alpha value is -1.26. The summed E-state index contributed by atoms with van der Waals surface area (Å²) in [7, 11) is 0. The number of aliphatic carboxylic acids is 1. The van der Waals surface area contributed by atoms with Crippen molar-refractivity contribution in [1.82, 2.24) is 10.2 Å². The molecule has 5 nitrogen and oxygen atoms in total. The standard InChI is InChI=1S/C15H26N2O3/c1-11-4-2-6-13(8-11)16-15(20)17-7-3-5-12(10-17)9-14(18)19/h11-13H,2-10H2,1H3,(H,16,20)(H,18,19). The van der Waals surface area contributed by atoms with Crippen molar-refractivity contribution in [2.75, 3.05) is 13.1 Å². The Balaban J connectivity index is 1.80. The van der Waals surface area contributed by atoms with E-state index in [9.17, 15) is 9.59 Å². The lowest BCUT2D eigenvalue weighted by Crippen LogP contribution is -2.49. The molecule has 1 heterocycles. The Morgan fingerprint density at radius 2 is 2.05 bits per heavy atom. The van der Waals surface area contributed by atoms with Gasteiger partial charge in [-0.1, -0.05) is 19.8 Å². The minimum absolute atomic E-state index is 0.000751. The topological polar surface area (TPSA) is 69.6 Å². The summed E-state index contributed by atoms with van der Waals surface area (Å²) in [5, 5.41) is 12.0. The van der Waals surface area contributed by atoms with Gasteiger partial charge in [-0.2, -0.15) is 0 Å². The van der Waals surface area contributed by atoms with Gasteiger partial charge in [-0.25, -0.2) is 4.79 Å². The van der Waals surface area contributed by atoms with Crippen molar-refractivity contribution in [2.24, 2.45) is 11.8 Å². The number of urea groups is 1. The molecule has 0 spiro atoms. The first kappa shape index (κ1) is 15.1. The number of carboxylic acids is 1. The first-order chi connectivity index (χ1) is 9.54. The van der Waals surface area contributed by atoms with E-state index in [4.69, 9.17) is 5.11 Å². The monoisotopic (exact) mass is 282 g/mol. The Labute approximate surface area is 120 Å². The number of carboxylic acid groups (broad SMARTS) is 1. The van der Waals surface area contributed by atoms with Crippen LogP contribution in [0.5, 0.6) is 0 Å². The van der Waals surface area contributed by atoms with Crippen LogP contribution in [0.2, 0.25) is 0 Å². The molecule has 3 unspecified atom stereocenters. The SMILES string of the molecule is CC1CCCC(NC(=O)N2CCCC(CC(=O)O)C2)C1. The second-order valence-corrected chi connectivity index (χ2v) is 6.47. The maximum atomic E-state index is 12.3. The molecule has 0 bridgehead atoms. The van der Waals surface area contributed by atoms with Gasteiger partial charge in [0.15, 0.2) is 0 Å². The van der Waals surface area contributed by atoms with Gasteiger partial charge in [0, 0.05) is 25.6 Å². The van der Waals surface area contributed by atoms with Crippen molar-refractivity contribution in [1.29, 1.82) is 0 Å². The molecule has 2 rings (SSSR count). The zero-order chi connectivity index (χ0) is 14.5. The third kappa shape index (κ3) is 4.39. The number of nitrogens with one attached hydrogen (secondary N) is 1. The van der Waals surface area contributed by atoms with E-state index in [-0.39, 0.29) is 18.4 Å². The Morgan fingerprint density at radius 3 is 2.75 bits per heavy atom. The third-order valence-electron chi connectivity index (χ3n) is 4.53. The van der Waals surface area contributed by atoms with E-state index in [1.807, 2.05) is 0 Å². The van der Waals surface area contributed by atoms with Gasteiger partial charge < -0.3 is 15.3 Å². The molecule has 0 radical (unpaired) electrons. The molecule has 1 aliphatic heterocycles. The first-order valence-corrected chi connectivity index (χ1v) is 7.82. The zero-order valence-corrected chi connectivity index (χ0v) is 12.3. The molecule has 1 saturated carbocycles. The smallest absolute Gasteiger partial charge is 0.317 e. The number of hydrogen-bond acceptors (Lipinski definition) is 2. The van der Waals surface area contributed by atoms with Gasteiger partial charge in [0.05, 0.1) is 0 Å². The number of likely N-dealkylation sites (tertiary alicyclic amines) is 1. The van der Waals surface area contributed by atoms with Crippen LogP contribution in [-0.2, 0) is 4.79 Å². The summed E-state index contributed by atoms with van der Waals surface area (Å²) in [6.07, 6.45) is 6.58. The number of carbonyl (C=O) groups is 2. The highest BCUT2D eigenvalue weighted by Gasteiger charge is 2.27. The molecule has 2 aliphatic rings. The maximum Gasteiger partial charge on any atom is 0.317 e. The summed E-state index contributed by atoms with van der Waals surface area (Å²) in [5.41, 5.74) is 0. The van der Waals surface area contributed by atoms with Gasteiger partial charge in [-0.05, 0) is 37.5 Å². The average Bonchev–Trinajstić information content (AvgIpc) is 2.38. The van der Waals surface area contributed by atoms with Crippen LogP contribution in [-0.4, -0.2) is 41.1 Å². The molecule has 2 amide bonds. The van der Waals surface area contributed by atoms with Crippen LogP contribution in [0.25, 0.3) is 0 Å². The Bertz CT molecular complexity index is 359. The van der Waals surface area contributed by atoms with Gasteiger partial charge in [-0.3, -0.25) is 4.79 Å². The molecule has 1 saturated heterocycles. The minimum atomic E-state index is -0.765. The highest BCUT2D eigenvalue weighted by atomic mass is 16.4. The fourth-order valence-electron chi connectivity index (χ4n) is 3.49. The van der Waals surface area contributed by atoms with Crippen LogP contribution in [0.4, 0.5) is 4.79 Å². The molecular formula is C15H26N2O3. The lowest BCUT2D eigenvalue weighted by atomic mass is 9.87. The van der Waals surface area contributed by atoms with Gasteiger partial charge in [0.2, 0.25) is 0 Å². The van der Waals surface area contributed by atoms with Gasteiger partial charge in [0.25, 0.3) is 0 Å². The summed E-state index contributed by atoms with van der Waals surface area (Å²) >= 11 is 0. The predicted molar refractivity (Wildman–Crippen MR) is 76.5 cm³/mol. The van der Waals surface area contributed by atoms with Crippen LogP contribution in [0.1, 0.15) is 51.9 Å². The minimum Gasteiger partial charge on any atom is -0.481 e. The second-order valence-electron chi connectivity index (χ2n) is 6.47. The Morgan fingerprint density at radius 1 is 1.25 bits per heavy atom. The molecule has 114 valence electrons. The summed E-state index contributed by atoms with van der Waals surface area (Å²) in [6.45, 7) is 3.58. The second kappa shape index (κ2) is 6.95. The maximum absolute atomic E-state index is 12.3. The van der Waals surface area contributed by atoms with Crippen molar-refractivity contribution in [3.8, 4) is 0 Å². The molecule has 2 fully saturated rings.